The van der Waals surface area contributed by atoms with Crippen LogP contribution in [0.1, 0.15) is 25.7 Å². The summed E-state index contributed by atoms with van der Waals surface area (Å²) in [5.74, 6) is 1.06. The van der Waals surface area contributed by atoms with Crippen molar-refractivity contribution in [2.45, 2.75) is 31.7 Å². The summed E-state index contributed by atoms with van der Waals surface area (Å²) in [4.78, 5) is 7.07. The van der Waals surface area contributed by atoms with Gasteiger partial charge in [0.2, 0.25) is 0 Å². The molecular weight excluding hydrogens is 348 g/mol. The fraction of sp³-hybridized carbons (Fsp3) is 0.304. The quantitative estimate of drug-likeness (QED) is 0.581. The first-order valence-electron chi connectivity index (χ1n) is 10.1. The number of hydrogen-bond donors (Lipinski definition) is 1. The minimum atomic E-state index is 0.218. The lowest BCUT2D eigenvalue weighted by molar-refractivity contribution is 0.262. The highest BCUT2D eigenvalue weighted by Gasteiger charge is 2.25. The van der Waals surface area contributed by atoms with E-state index < -0.39 is 0 Å². The lowest BCUT2D eigenvalue weighted by atomic mass is 9.99. The predicted octanol–water partition coefficient (Wildman–Crippen LogP) is 4.29. The van der Waals surface area contributed by atoms with Crippen LogP contribution in [-0.4, -0.2) is 38.9 Å². The number of benzene rings is 2. The maximum Gasteiger partial charge on any atom is 0.165 e. The number of aromatic nitrogens is 3. The van der Waals surface area contributed by atoms with Gasteiger partial charge in [-0.3, -0.25) is 0 Å². The van der Waals surface area contributed by atoms with E-state index in [4.69, 9.17) is 5.10 Å². The fourth-order valence-corrected chi connectivity index (χ4v) is 4.50. The second-order valence-corrected chi connectivity index (χ2v) is 7.48. The highest BCUT2D eigenvalue weighted by Crippen LogP contribution is 2.33. The average Bonchev–Trinajstić information content (AvgIpc) is 3.18. The van der Waals surface area contributed by atoms with Crippen molar-refractivity contribution in [1.29, 1.82) is 0 Å². The van der Waals surface area contributed by atoms with Gasteiger partial charge in [0.25, 0.3) is 0 Å². The van der Waals surface area contributed by atoms with Gasteiger partial charge in [0.15, 0.2) is 5.65 Å². The Hall–Kier alpha value is -2.92. The molecular formula is C23H24N4O. The molecule has 3 heterocycles. The third-order valence-electron chi connectivity index (χ3n) is 5.84. The molecule has 0 amide bonds. The van der Waals surface area contributed by atoms with Gasteiger partial charge in [-0.05, 0) is 48.1 Å². The highest BCUT2D eigenvalue weighted by molar-refractivity contribution is 5.99. The van der Waals surface area contributed by atoms with Crippen LogP contribution in [0.4, 0.5) is 5.82 Å². The van der Waals surface area contributed by atoms with Crippen molar-refractivity contribution in [3.05, 3.63) is 60.9 Å². The summed E-state index contributed by atoms with van der Waals surface area (Å²) >= 11 is 0. The Balaban J connectivity index is 1.65. The van der Waals surface area contributed by atoms with Gasteiger partial charge in [-0.1, -0.05) is 42.5 Å². The Morgan fingerprint density at radius 2 is 1.89 bits per heavy atom. The topological polar surface area (TPSA) is 53.7 Å². The molecule has 1 N–H and O–H groups in total. The van der Waals surface area contributed by atoms with Crippen molar-refractivity contribution < 1.29 is 5.11 Å². The van der Waals surface area contributed by atoms with E-state index in [0.29, 0.717) is 6.04 Å². The molecule has 1 saturated heterocycles. The van der Waals surface area contributed by atoms with Gasteiger partial charge < -0.3 is 10.0 Å². The van der Waals surface area contributed by atoms with Crippen molar-refractivity contribution in [1.82, 2.24) is 14.6 Å². The van der Waals surface area contributed by atoms with Crippen molar-refractivity contribution in [3.63, 3.8) is 0 Å². The summed E-state index contributed by atoms with van der Waals surface area (Å²) in [5, 5.41) is 16.6. The van der Waals surface area contributed by atoms with Gasteiger partial charge in [0, 0.05) is 31.0 Å². The van der Waals surface area contributed by atoms with Gasteiger partial charge in [0.1, 0.15) is 5.82 Å². The van der Waals surface area contributed by atoms with Crippen LogP contribution < -0.4 is 4.90 Å². The van der Waals surface area contributed by atoms with E-state index >= 15 is 0 Å². The molecule has 1 fully saturated rings. The SMILES string of the molecule is OCCC1CCCCN1c1ccnc2c(-c3cccc4ccccc34)cnn12. The van der Waals surface area contributed by atoms with E-state index in [1.807, 2.05) is 23.0 Å². The van der Waals surface area contributed by atoms with Crippen molar-refractivity contribution in [3.8, 4) is 11.1 Å². The molecule has 0 saturated carbocycles. The van der Waals surface area contributed by atoms with Crippen LogP contribution in [0.15, 0.2) is 60.9 Å². The molecule has 1 atom stereocenters. The molecule has 0 spiro atoms. The summed E-state index contributed by atoms with van der Waals surface area (Å²) < 4.78 is 1.97. The third kappa shape index (κ3) is 2.83. The maximum absolute atomic E-state index is 9.49. The molecule has 2 aromatic heterocycles. The highest BCUT2D eigenvalue weighted by atomic mass is 16.3. The van der Waals surface area contributed by atoms with Crippen LogP contribution >= 0.6 is 0 Å². The van der Waals surface area contributed by atoms with Crippen LogP contribution in [0.5, 0.6) is 0 Å². The van der Waals surface area contributed by atoms with Gasteiger partial charge in [0.05, 0.1) is 6.20 Å². The summed E-state index contributed by atoms with van der Waals surface area (Å²) in [7, 11) is 0. The second-order valence-electron chi connectivity index (χ2n) is 7.48. The maximum atomic E-state index is 9.49. The molecule has 4 aromatic rings. The predicted molar refractivity (Wildman–Crippen MR) is 113 cm³/mol. The van der Waals surface area contributed by atoms with Crippen LogP contribution in [-0.2, 0) is 0 Å². The second kappa shape index (κ2) is 7.24. The Morgan fingerprint density at radius 1 is 1.00 bits per heavy atom. The zero-order valence-electron chi connectivity index (χ0n) is 15.8. The van der Waals surface area contributed by atoms with Crippen LogP contribution in [0.25, 0.3) is 27.5 Å². The molecule has 28 heavy (non-hydrogen) atoms. The molecule has 2 aromatic carbocycles. The molecule has 1 aliphatic rings. The third-order valence-corrected chi connectivity index (χ3v) is 5.84. The van der Waals surface area contributed by atoms with Gasteiger partial charge in [-0.15, -0.1) is 0 Å². The Bertz CT molecular complexity index is 1110. The molecule has 142 valence electrons. The molecule has 5 rings (SSSR count). The largest absolute Gasteiger partial charge is 0.396 e. The van der Waals surface area contributed by atoms with E-state index in [9.17, 15) is 5.11 Å². The minimum absolute atomic E-state index is 0.218. The molecule has 5 nitrogen and oxygen atoms in total. The number of aliphatic hydroxyl groups excluding tert-OH is 1. The number of nitrogens with zero attached hydrogens (tertiary/aromatic N) is 4. The molecule has 5 heteroatoms. The number of rotatable bonds is 4. The van der Waals surface area contributed by atoms with E-state index in [-0.39, 0.29) is 6.61 Å². The first-order valence-corrected chi connectivity index (χ1v) is 10.1. The molecule has 1 aliphatic heterocycles. The standard InChI is InChI=1S/C23H24N4O/c28-15-12-18-8-3-4-14-26(18)22-11-13-24-23-21(16-25-27(22)23)20-10-5-7-17-6-1-2-9-19(17)20/h1-2,5-7,9-11,13,16,18,28H,3-4,8,12,14-15H2. The van der Waals surface area contributed by atoms with E-state index in [1.54, 1.807) is 0 Å². The Morgan fingerprint density at radius 3 is 2.82 bits per heavy atom. The first-order chi connectivity index (χ1) is 13.9. The lowest BCUT2D eigenvalue weighted by Crippen LogP contribution is -2.41. The summed E-state index contributed by atoms with van der Waals surface area (Å²) in [5.41, 5.74) is 3.08. The zero-order chi connectivity index (χ0) is 18.9. The summed E-state index contributed by atoms with van der Waals surface area (Å²) in [6.45, 7) is 1.21. The zero-order valence-corrected chi connectivity index (χ0v) is 15.8. The molecule has 0 aliphatic carbocycles. The molecule has 0 bridgehead atoms. The van der Waals surface area contributed by atoms with Gasteiger partial charge in [-0.2, -0.15) is 9.61 Å². The van der Waals surface area contributed by atoms with Crippen molar-refractivity contribution in [2.24, 2.45) is 0 Å². The van der Waals surface area contributed by atoms with Crippen LogP contribution in [0.3, 0.4) is 0 Å². The lowest BCUT2D eigenvalue weighted by Gasteiger charge is -2.37. The van der Waals surface area contributed by atoms with Gasteiger partial charge >= 0.3 is 0 Å². The Kier molecular flexibility index (Phi) is 4.45. The molecule has 0 radical (unpaired) electrons. The van der Waals surface area contributed by atoms with Crippen molar-refractivity contribution >= 4 is 22.2 Å². The number of hydrogen-bond acceptors (Lipinski definition) is 4. The smallest absolute Gasteiger partial charge is 0.165 e. The van der Waals surface area contributed by atoms with Crippen LogP contribution in [0, 0.1) is 0 Å². The van der Waals surface area contributed by atoms with Crippen LogP contribution in [0.2, 0.25) is 0 Å². The van der Waals surface area contributed by atoms with E-state index in [1.165, 1.54) is 23.6 Å². The normalized spacial score (nSPS) is 17.5. The average molecular weight is 372 g/mol. The first kappa shape index (κ1) is 17.2. The monoisotopic (exact) mass is 372 g/mol. The summed E-state index contributed by atoms with van der Waals surface area (Å²) in [6, 6.07) is 17.2. The fourth-order valence-electron chi connectivity index (χ4n) is 4.50. The number of anilines is 1. The number of aliphatic hydroxyl groups is 1. The molecule has 1 unspecified atom stereocenters. The Labute approximate surface area is 164 Å². The van der Waals surface area contributed by atoms with E-state index in [0.717, 1.165) is 42.0 Å². The number of fused-ring (bicyclic) bond motifs is 2. The van der Waals surface area contributed by atoms with E-state index in [2.05, 4.69) is 52.3 Å². The van der Waals surface area contributed by atoms with Crippen molar-refractivity contribution in [2.75, 3.05) is 18.1 Å². The minimum Gasteiger partial charge on any atom is -0.396 e. The van der Waals surface area contributed by atoms with Gasteiger partial charge in [-0.25, -0.2) is 4.98 Å². The summed E-state index contributed by atoms with van der Waals surface area (Å²) in [6.07, 6.45) is 8.10. The number of piperidine rings is 1.